The van der Waals surface area contributed by atoms with Gasteiger partial charge in [0.1, 0.15) is 6.04 Å². The smallest absolute Gasteiger partial charge is 0.249 e. The molecule has 0 aromatic carbocycles. The summed E-state index contributed by atoms with van der Waals surface area (Å²) >= 11 is 1.25. The van der Waals surface area contributed by atoms with Crippen molar-refractivity contribution in [3.05, 3.63) is 21.7 Å². The van der Waals surface area contributed by atoms with E-state index in [4.69, 9.17) is 9.57 Å². The van der Waals surface area contributed by atoms with Gasteiger partial charge >= 0.3 is 0 Å². The zero-order valence-electron chi connectivity index (χ0n) is 23.4. The lowest BCUT2D eigenvalue weighted by atomic mass is 9.89. The number of anilines is 1. The molecule has 3 amide bonds. The second-order valence-corrected chi connectivity index (χ2v) is 10.9. The molecule has 1 saturated heterocycles. The molecule has 1 aliphatic rings. The third kappa shape index (κ3) is 11.6. The number of hydroxylamine groups is 2. The summed E-state index contributed by atoms with van der Waals surface area (Å²) in [5, 5.41) is 27.4. The molecular weight excluding hydrogens is 544 g/mol. The van der Waals surface area contributed by atoms with Gasteiger partial charge in [-0.1, -0.05) is 20.8 Å². The van der Waals surface area contributed by atoms with E-state index in [1.165, 1.54) is 11.3 Å². The van der Waals surface area contributed by atoms with Crippen molar-refractivity contribution in [2.75, 3.05) is 25.1 Å². The van der Waals surface area contributed by atoms with Crippen LogP contribution in [0, 0.1) is 27.9 Å². The molecule has 0 saturated carbocycles. The maximum absolute atomic E-state index is 13.7. The predicted molar refractivity (Wildman–Crippen MR) is 146 cm³/mol. The monoisotopic (exact) mass is 584 g/mol. The highest BCUT2D eigenvalue weighted by Gasteiger charge is 2.36. The van der Waals surface area contributed by atoms with Gasteiger partial charge in [-0.2, -0.15) is 0 Å². The van der Waals surface area contributed by atoms with E-state index in [0.717, 1.165) is 17.9 Å². The Balaban J connectivity index is 2.14. The number of nitrogens with one attached hydrogen (secondary N) is 3. The molecule has 2 heterocycles. The van der Waals surface area contributed by atoms with Crippen molar-refractivity contribution in [3.63, 3.8) is 0 Å². The molecule has 15 nitrogen and oxygen atoms in total. The van der Waals surface area contributed by atoms with Crippen LogP contribution in [0.2, 0.25) is 0 Å². The highest BCUT2D eigenvalue weighted by atomic mass is 32.1. The van der Waals surface area contributed by atoms with Gasteiger partial charge in [-0.05, 0) is 51.0 Å². The fourth-order valence-corrected chi connectivity index (χ4v) is 4.79. The Kier molecular flexibility index (Phi) is 14.6. The topological polar surface area (TPSA) is 190 Å². The first-order chi connectivity index (χ1) is 19.1. The summed E-state index contributed by atoms with van der Waals surface area (Å²) < 4.78 is 5.60. The lowest BCUT2D eigenvalue weighted by Gasteiger charge is -2.35. The summed E-state index contributed by atoms with van der Waals surface area (Å²) in [5.41, 5.74) is 0. The second-order valence-electron chi connectivity index (χ2n) is 10.0. The van der Waals surface area contributed by atoms with E-state index in [0.29, 0.717) is 44.0 Å². The SMILES string of the molecule is CC(C)C[C@@H](C(=O)N[C@H](C(=O)Nc1nccs1)[C@H](C)CCNCN=N[N+](=O)[O-])[C@H](C)N(C=O)OC1CCCCO1. The fraction of sp³-hybridized carbons (Fsp3) is 0.750. The van der Waals surface area contributed by atoms with Crippen LogP contribution >= 0.6 is 11.3 Å². The number of ether oxygens (including phenoxy) is 1. The minimum Gasteiger partial charge on any atom is -0.350 e. The first kappa shape index (κ1) is 33.1. The summed E-state index contributed by atoms with van der Waals surface area (Å²) in [4.78, 5) is 59.1. The Morgan fingerprint density at radius 1 is 1.32 bits per heavy atom. The number of carbonyl (C=O) groups excluding carboxylic acids is 3. The molecular formula is C24H40N8O7S. The lowest BCUT2D eigenvalue weighted by molar-refractivity contribution is -0.494. The number of carbonyl (C=O) groups is 3. The Bertz CT molecular complexity index is 959. The molecule has 0 bridgehead atoms. The van der Waals surface area contributed by atoms with Crippen molar-refractivity contribution in [1.82, 2.24) is 20.7 Å². The van der Waals surface area contributed by atoms with Gasteiger partial charge < -0.3 is 25.5 Å². The van der Waals surface area contributed by atoms with Gasteiger partial charge in [0, 0.05) is 24.6 Å². The van der Waals surface area contributed by atoms with Crippen LogP contribution in [0.25, 0.3) is 0 Å². The molecule has 3 N–H and O–H groups in total. The first-order valence-electron chi connectivity index (χ1n) is 13.4. The van der Waals surface area contributed by atoms with E-state index < -0.39 is 35.2 Å². The van der Waals surface area contributed by atoms with E-state index in [1.807, 2.05) is 20.8 Å². The Hall–Kier alpha value is -3.08. The number of nitrogens with zero attached hydrogens (tertiary/aromatic N) is 5. The number of rotatable bonds is 18. The van der Waals surface area contributed by atoms with Crippen molar-refractivity contribution >= 4 is 34.7 Å². The van der Waals surface area contributed by atoms with Gasteiger partial charge in [0.25, 0.3) is 0 Å². The number of nitro groups is 1. The number of hydrogen-bond acceptors (Lipinski definition) is 11. The minimum atomic E-state index is -0.923. The zero-order chi connectivity index (χ0) is 29.5. The summed E-state index contributed by atoms with van der Waals surface area (Å²) in [6, 6.07) is -1.55. The summed E-state index contributed by atoms with van der Waals surface area (Å²) in [5.74, 6) is -1.71. The number of hydrogen-bond donors (Lipinski definition) is 3. The standard InChI is InChI=1S/C24H40N8O7S/c1-16(2)13-19(18(4)31(15-33)39-20-7-5-6-11-38-20)22(34)28-21(23(35)29-24-26-10-12-40-24)17(3)8-9-25-14-27-30-32(36)37/h10,12,15-21,25H,5-9,11,13-14H2,1-4H3,(H,28,34)(H,26,29,35)/t17-,18+,19-,20?,21+/m1/s1. The van der Waals surface area contributed by atoms with E-state index in [2.05, 4.69) is 31.3 Å². The summed E-state index contributed by atoms with van der Waals surface area (Å²) in [6.45, 7) is 8.35. The quantitative estimate of drug-likeness (QED) is 0.0765. The first-order valence-corrected chi connectivity index (χ1v) is 14.3. The van der Waals surface area contributed by atoms with Crippen molar-refractivity contribution in [2.45, 2.75) is 78.2 Å². The average Bonchev–Trinajstić information content (AvgIpc) is 3.43. The van der Waals surface area contributed by atoms with Gasteiger partial charge in [-0.25, -0.2) is 14.9 Å². The molecule has 1 aliphatic heterocycles. The number of amides is 3. The van der Waals surface area contributed by atoms with Crippen molar-refractivity contribution in [1.29, 1.82) is 0 Å². The van der Waals surface area contributed by atoms with Crippen LogP contribution in [0.4, 0.5) is 5.13 Å². The van der Waals surface area contributed by atoms with Gasteiger partial charge in [0.05, 0.1) is 22.1 Å². The lowest BCUT2D eigenvalue weighted by Crippen LogP contribution is -2.53. The van der Waals surface area contributed by atoms with E-state index in [-0.39, 0.29) is 24.4 Å². The molecule has 16 heteroatoms. The van der Waals surface area contributed by atoms with Crippen LogP contribution in [-0.2, 0) is 24.0 Å². The fourth-order valence-electron chi connectivity index (χ4n) is 4.26. The van der Waals surface area contributed by atoms with Crippen molar-refractivity contribution < 1.29 is 29.0 Å². The van der Waals surface area contributed by atoms with Crippen molar-refractivity contribution in [3.8, 4) is 0 Å². The van der Waals surface area contributed by atoms with Gasteiger partial charge in [-0.3, -0.25) is 19.7 Å². The minimum absolute atomic E-state index is 0.0593. The highest BCUT2D eigenvalue weighted by molar-refractivity contribution is 7.13. The normalized spacial score (nSPS) is 18.6. The molecule has 0 spiro atoms. The summed E-state index contributed by atoms with van der Waals surface area (Å²) in [7, 11) is 0. The van der Waals surface area contributed by atoms with Crippen LogP contribution in [-0.4, -0.2) is 71.5 Å². The Labute approximate surface area is 237 Å². The second kappa shape index (κ2) is 17.6. The molecule has 1 aromatic heterocycles. The average molecular weight is 585 g/mol. The van der Waals surface area contributed by atoms with Crippen LogP contribution in [0.3, 0.4) is 0 Å². The van der Waals surface area contributed by atoms with Crippen LogP contribution in [0.1, 0.15) is 59.8 Å². The molecule has 1 aromatic rings. The van der Waals surface area contributed by atoms with Gasteiger partial charge in [0.2, 0.25) is 24.9 Å². The molecule has 0 radical (unpaired) electrons. The Morgan fingerprint density at radius 3 is 2.70 bits per heavy atom. The third-order valence-electron chi connectivity index (χ3n) is 6.43. The van der Waals surface area contributed by atoms with Gasteiger partial charge in [0.15, 0.2) is 16.6 Å². The Morgan fingerprint density at radius 2 is 2.10 bits per heavy atom. The molecule has 1 unspecified atom stereocenters. The van der Waals surface area contributed by atoms with E-state index in [1.54, 1.807) is 18.5 Å². The third-order valence-corrected chi connectivity index (χ3v) is 7.12. The maximum atomic E-state index is 13.7. The van der Waals surface area contributed by atoms with E-state index >= 15 is 0 Å². The zero-order valence-corrected chi connectivity index (χ0v) is 24.2. The summed E-state index contributed by atoms with van der Waals surface area (Å²) in [6.07, 6.45) is 4.95. The molecule has 5 atom stereocenters. The van der Waals surface area contributed by atoms with Gasteiger partial charge in [-0.15, -0.1) is 11.3 Å². The number of thiazole rings is 1. The molecule has 40 heavy (non-hydrogen) atoms. The van der Waals surface area contributed by atoms with Crippen LogP contribution in [0.5, 0.6) is 0 Å². The predicted octanol–water partition coefficient (Wildman–Crippen LogP) is 2.75. The maximum Gasteiger partial charge on any atom is 0.249 e. The largest absolute Gasteiger partial charge is 0.350 e. The molecule has 1 fully saturated rings. The molecule has 2 rings (SSSR count). The number of aromatic nitrogens is 1. The van der Waals surface area contributed by atoms with Crippen molar-refractivity contribution in [2.24, 2.45) is 28.1 Å². The van der Waals surface area contributed by atoms with E-state index in [9.17, 15) is 24.5 Å². The highest BCUT2D eigenvalue weighted by Crippen LogP contribution is 2.24. The molecule has 224 valence electrons. The van der Waals surface area contributed by atoms with Crippen LogP contribution < -0.4 is 16.0 Å². The van der Waals surface area contributed by atoms with Crippen LogP contribution in [0.15, 0.2) is 21.9 Å². The molecule has 0 aliphatic carbocycles.